The predicted molar refractivity (Wildman–Crippen MR) is 121 cm³/mol. The third kappa shape index (κ3) is 4.43. The summed E-state index contributed by atoms with van der Waals surface area (Å²) < 4.78 is 34.8. The molecule has 2 heterocycles. The van der Waals surface area contributed by atoms with E-state index in [0.717, 1.165) is 22.5 Å². The smallest absolute Gasteiger partial charge is 0.264 e. The quantitative estimate of drug-likeness (QED) is 0.627. The van der Waals surface area contributed by atoms with Gasteiger partial charge >= 0.3 is 0 Å². The van der Waals surface area contributed by atoms with Gasteiger partial charge in [0, 0.05) is 17.9 Å². The van der Waals surface area contributed by atoms with Crippen LogP contribution in [0.3, 0.4) is 0 Å². The van der Waals surface area contributed by atoms with E-state index >= 15 is 0 Å². The molecular weight excluding hydrogens is 412 g/mol. The second-order valence-corrected chi connectivity index (χ2v) is 9.67. The number of rotatable bonds is 6. The first-order valence-corrected chi connectivity index (χ1v) is 11.8. The number of fused-ring (bicyclic) bond motifs is 1. The Bertz CT molecular complexity index is 1190. The van der Waals surface area contributed by atoms with Crippen molar-refractivity contribution in [1.82, 2.24) is 4.98 Å². The minimum absolute atomic E-state index is 0.0370. The Kier molecular flexibility index (Phi) is 5.98. The van der Waals surface area contributed by atoms with Crippen molar-refractivity contribution in [3.63, 3.8) is 0 Å². The van der Waals surface area contributed by atoms with Crippen molar-refractivity contribution in [2.24, 2.45) is 0 Å². The highest BCUT2D eigenvalue weighted by molar-refractivity contribution is 7.92. The maximum absolute atomic E-state index is 13.6. The molecule has 0 unspecified atom stereocenters. The van der Waals surface area contributed by atoms with Crippen LogP contribution in [-0.2, 0) is 10.0 Å². The summed E-state index contributed by atoms with van der Waals surface area (Å²) in [6, 6.07) is 18.2. The molecule has 7 heteroatoms. The van der Waals surface area contributed by atoms with Crippen LogP contribution in [0, 0.1) is 13.8 Å². The monoisotopic (exact) mass is 438 g/mol. The van der Waals surface area contributed by atoms with Crippen LogP contribution in [-0.4, -0.2) is 37.8 Å². The summed E-state index contributed by atoms with van der Waals surface area (Å²) in [6.07, 6.45) is 0.780. The molecule has 1 N–H and O–H groups in total. The van der Waals surface area contributed by atoms with Crippen molar-refractivity contribution in [2.45, 2.75) is 37.7 Å². The van der Waals surface area contributed by atoms with Crippen molar-refractivity contribution in [2.75, 3.05) is 17.5 Å². The van der Waals surface area contributed by atoms with E-state index in [4.69, 9.17) is 4.74 Å². The first-order valence-electron chi connectivity index (χ1n) is 10.3. The summed E-state index contributed by atoms with van der Waals surface area (Å²) in [5.41, 5.74) is 3.87. The molecule has 0 spiro atoms. The highest BCUT2D eigenvalue weighted by Crippen LogP contribution is 2.40. The lowest BCUT2D eigenvalue weighted by molar-refractivity contribution is 0.172. The van der Waals surface area contributed by atoms with E-state index in [1.165, 1.54) is 4.31 Å². The number of ether oxygens (including phenoxy) is 1. The molecule has 162 valence electrons. The maximum atomic E-state index is 13.6. The van der Waals surface area contributed by atoms with Gasteiger partial charge in [-0.05, 0) is 74.7 Å². The third-order valence-electron chi connectivity index (χ3n) is 5.34. The molecule has 31 heavy (non-hydrogen) atoms. The molecule has 6 nitrogen and oxygen atoms in total. The van der Waals surface area contributed by atoms with Crippen molar-refractivity contribution in [3.8, 4) is 17.0 Å². The van der Waals surface area contributed by atoms with E-state index in [-0.39, 0.29) is 24.2 Å². The lowest BCUT2D eigenvalue weighted by Crippen LogP contribution is -2.43. The molecule has 0 amide bonds. The number of sulfonamides is 1. The summed E-state index contributed by atoms with van der Waals surface area (Å²) >= 11 is 0. The van der Waals surface area contributed by atoms with E-state index < -0.39 is 10.0 Å². The van der Waals surface area contributed by atoms with Gasteiger partial charge in [0.25, 0.3) is 10.0 Å². The van der Waals surface area contributed by atoms with Gasteiger partial charge in [0.1, 0.15) is 11.9 Å². The maximum Gasteiger partial charge on any atom is 0.264 e. The minimum atomic E-state index is -3.79. The Morgan fingerprint density at radius 3 is 2.65 bits per heavy atom. The van der Waals surface area contributed by atoms with Crippen molar-refractivity contribution < 1.29 is 18.3 Å². The number of aryl methyl sites for hydroxylation is 2. The standard InChI is InChI=1S/C24H26N2O4S/c1-17-6-3-9-21(14-17)31(28,29)26-16-20(8-5-13-27)30-24-12-11-19(15-23(24)26)22-10-4-7-18(2)25-22/h3-4,6-7,9-12,14-15,20,27H,5,8,13,16H2,1-2H3/t20-/m0/s1. The lowest BCUT2D eigenvalue weighted by atomic mass is 10.1. The lowest BCUT2D eigenvalue weighted by Gasteiger charge is -2.36. The Balaban J connectivity index is 1.81. The zero-order chi connectivity index (χ0) is 22.0. The van der Waals surface area contributed by atoms with Crippen LogP contribution in [0.5, 0.6) is 5.75 Å². The molecule has 0 saturated carbocycles. The number of pyridine rings is 1. The number of anilines is 1. The fourth-order valence-electron chi connectivity index (χ4n) is 3.78. The van der Waals surface area contributed by atoms with Crippen molar-refractivity contribution in [3.05, 3.63) is 71.9 Å². The average Bonchev–Trinajstić information content (AvgIpc) is 2.76. The number of hydrogen-bond acceptors (Lipinski definition) is 5. The van der Waals surface area contributed by atoms with Crippen LogP contribution >= 0.6 is 0 Å². The zero-order valence-corrected chi connectivity index (χ0v) is 18.5. The zero-order valence-electron chi connectivity index (χ0n) is 17.7. The molecular formula is C24H26N2O4S. The molecule has 2 aromatic carbocycles. The minimum Gasteiger partial charge on any atom is -0.486 e. The molecule has 0 fully saturated rings. The first kappa shape index (κ1) is 21.3. The Morgan fingerprint density at radius 2 is 1.90 bits per heavy atom. The molecule has 3 aromatic rings. The van der Waals surface area contributed by atoms with Gasteiger partial charge in [0.05, 0.1) is 22.8 Å². The summed E-state index contributed by atoms with van der Waals surface area (Å²) in [7, 11) is -3.79. The number of hydrogen-bond donors (Lipinski definition) is 1. The van der Waals surface area contributed by atoms with Crippen LogP contribution in [0.15, 0.2) is 65.6 Å². The fourth-order valence-corrected chi connectivity index (χ4v) is 5.38. The molecule has 0 bridgehead atoms. The van der Waals surface area contributed by atoms with Gasteiger partial charge < -0.3 is 9.84 Å². The molecule has 0 saturated heterocycles. The topological polar surface area (TPSA) is 79.7 Å². The fraction of sp³-hybridized carbons (Fsp3) is 0.292. The van der Waals surface area contributed by atoms with Crippen LogP contribution in [0.1, 0.15) is 24.1 Å². The van der Waals surface area contributed by atoms with E-state index in [1.54, 1.807) is 24.3 Å². The van der Waals surface area contributed by atoms with Crippen LogP contribution in [0.25, 0.3) is 11.3 Å². The second-order valence-electron chi connectivity index (χ2n) is 7.81. The second kappa shape index (κ2) is 8.69. The number of benzene rings is 2. The highest BCUT2D eigenvalue weighted by atomic mass is 32.2. The summed E-state index contributed by atoms with van der Waals surface area (Å²) in [4.78, 5) is 4.82. The Hall–Kier alpha value is -2.90. The van der Waals surface area contributed by atoms with E-state index in [1.807, 2.05) is 50.2 Å². The van der Waals surface area contributed by atoms with Gasteiger partial charge in [-0.3, -0.25) is 9.29 Å². The third-order valence-corrected chi connectivity index (χ3v) is 7.11. The van der Waals surface area contributed by atoms with Crippen LogP contribution in [0.4, 0.5) is 5.69 Å². The van der Waals surface area contributed by atoms with Gasteiger partial charge in [0.15, 0.2) is 0 Å². The van der Waals surface area contributed by atoms with Crippen molar-refractivity contribution in [1.29, 1.82) is 0 Å². The van der Waals surface area contributed by atoms with Crippen molar-refractivity contribution >= 4 is 15.7 Å². The van der Waals surface area contributed by atoms with E-state index in [9.17, 15) is 13.5 Å². The van der Waals surface area contributed by atoms with Gasteiger partial charge in [-0.1, -0.05) is 18.2 Å². The van der Waals surface area contributed by atoms with Gasteiger partial charge in [-0.15, -0.1) is 0 Å². The Labute approximate surface area is 183 Å². The molecule has 1 atom stereocenters. The van der Waals surface area contributed by atoms with Gasteiger partial charge in [-0.2, -0.15) is 0 Å². The van der Waals surface area contributed by atoms with Crippen LogP contribution < -0.4 is 9.04 Å². The van der Waals surface area contributed by atoms with E-state index in [0.29, 0.717) is 24.3 Å². The summed E-state index contributed by atoms with van der Waals surface area (Å²) in [5, 5.41) is 9.22. The largest absolute Gasteiger partial charge is 0.486 e. The summed E-state index contributed by atoms with van der Waals surface area (Å²) in [6.45, 7) is 4.02. The van der Waals surface area contributed by atoms with Gasteiger partial charge in [-0.25, -0.2) is 8.42 Å². The molecule has 1 aliphatic heterocycles. The number of aromatic nitrogens is 1. The first-order chi connectivity index (χ1) is 14.9. The molecule has 1 aromatic heterocycles. The molecule has 1 aliphatic rings. The predicted octanol–water partition coefficient (Wildman–Crippen LogP) is 4.09. The highest BCUT2D eigenvalue weighted by Gasteiger charge is 2.34. The SMILES string of the molecule is Cc1cccc(S(=O)(=O)N2C[C@H](CCCO)Oc3ccc(-c4cccc(C)n4)cc32)c1. The molecule has 4 rings (SSSR count). The number of nitrogens with zero attached hydrogens (tertiary/aromatic N) is 2. The summed E-state index contributed by atoms with van der Waals surface area (Å²) in [5.74, 6) is 0.516. The molecule has 0 radical (unpaired) electrons. The average molecular weight is 439 g/mol. The van der Waals surface area contributed by atoms with Crippen LogP contribution in [0.2, 0.25) is 0 Å². The number of aliphatic hydroxyl groups excluding tert-OH is 1. The normalized spacial score (nSPS) is 16.0. The van der Waals surface area contributed by atoms with Gasteiger partial charge in [0.2, 0.25) is 0 Å². The Morgan fingerprint density at radius 1 is 1.10 bits per heavy atom. The molecule has 0 aliphatic carbocycles. The number of aliphatic hydroxyl groups is 1. The van der Waals surface area contributed by atoms with E-state index in [2.05, 4.69) is 4.98 Å².